The molecule has 1 aromatic heterocycles. The summed E-state index contributed by atoms with van der Waals surface area (Å²) >= 11 is 14.5. The van der Waals surface area contributed by atoms with E-state index < -0.39 is 5.38 Å². The molecule has 0 aliphatic heterocycles. The lowest BCUT2D eigenvalue weighted by Crippen LogP contribution is -2.20. The van der Waals surface area contributed by atoms with Gasteiger partial charge in [-0.1, -0.05) is 46.8 Å². The van der Waals surface area contributed by atoms with Crippen LogP contribution in [-0.2, 0) is 10.5 Å². The fourth-order valence-electron chi connectivity index (χ4n) is 1.30. The third kappa shape index (κ3) is 4.63. The number of halogens is 2. The zero-order valence-corrected chi connectivity index (χ0v) is 13.6. The minimum absolute atomic E-state index is 0.283. The van der Waals surface area contributed by atoms with Gasteiger partial charge in [-0.05, 0) is 24.6 Å². The Morgan fingerprint density at radius 3 is 3.00 bits per heavy atom. The monoisotopic (exact) mass is 347 g/mol. The molecular formula is C12H11Cl2N3OS2. The highest BCUT2D eigenvalue weighted by Crippen LogP contribution is 2.29. The first kappa shape index (κ1) is 15.6. The normalized spacial score (nSPS) is 12.2. The summed E-state index contributed by atoms with van der Waals surface area (Å²) in [6, 6.07) is 7.65. The second-order valence-electron chi connectivity index (χ2n) is 3.90. The molecule has 1 aromatic carbocycles. The number of carbonyl (C=O) groups excluding carboxylic acids is 1. The van der Waals surface area contributed by atoms with Crippen LogP contribution >= 0.6 is 46.3 Å². The maximum absolute atomic E-state index is 11.4. The number of thioether (sulfide) groups is 1. The number of alkyl halides is 1. The van der Waals surface area contributed by atoms with Crippen LogP contribution in [0.15, 0.2) is 28.6 Å². The van der Waals surface area contributed by atoms with E-state index in [4.69, 9.17) is 23.2 Å². The van der Waals surface area contributed by atoms with Crippen molar-refractivity contribution in [3.63, 3.8) is 0 Å². The summed E-state index contributed by atoms with van der Waals surface area (Å²) < 4.78 is 0.780. The van der Waals surface area contributed by atoms with Crippen LogP contribution in [-0.4, -0.2) is 21.5 Å². The molecule has 1 unspecified atom stereocenters. The second-order valence-corrected chi connectivity index (χ2v) is 7.19. The number of carbonyl (C=O) groups is 1. The predicted molar refractivity (Wildman–Crippen MR) is 84.9 cm³/mol. The number of rotatable bonds is 5. The van der Waals surface area contributed by atoms with Crippen LogP contribution < -0.4 is 5.32 Å². The van der Waals surface area contributed by atoms with Gasteiger partial charge in [-0.15, -0.1) is 21.8 Å². The van der Waals surface area contributed by atoms with E-state index in [1.165, 1.54) is 11.3 Å². The smallest absolute Gasteiger partial charge is 0.243 e. The summed E-state index contributed by atoms with van der Waals surface area (Å²) in [5.74, 6) is 0.462. The molecule has 2 aromatic rings. The molecule has 0 aliphatic rings. The van der Waals surface area contributed by atoms with Gasteiger partial charge in [-0.25, -0.2) is 0 Å². The van der Waals surface area contributed by atoms with Crippen molar-refractivity contribution < 1.29 is 4.79 Å². The molecule has 0 aliphatic carbocycles. The standard InChI is InChI=1S/C12H11Cl2N3OS2/c1-7(13)10(18)15-11-16-17-12(20-11)19-6-8-3-2-4-9(14)5-8/h2-5,7H,6H2,1H3,(H,15,16,18). The Morgan fingerprint density at radius 2 is 2.30 bits per heavy atom. The Bertz CT molecular complexity index is 604. The van der Waals surface area contributed by atoms with Crippen molar-refractivity contribution in [2.75, 3.05) is 5.32 Å². The number of anilines is 1. The summed E-state index contributed by atoms with van der Waals surface area (Å²) in [6.07, 6.45) is 0. The Kier molecular flexibility index (Phi) is 5.65. The average Bonchev–Trinajstić information content (AvgIpc) is 2.84. The van der Waals surface area contributed by atoms with Gasteiger partial charge in [0, 0.05) is 10.8 Å². The van der Waals surface area contributed by atoms with E-state index in [-0.39, 0.29) is 5.91 Å². The zero-order chi connectivity index (χ0) is 14.5. The Hall–Kier alpha value is -0.820. The molecule has 0 saturated heterocycles. The zero-order valence-electron chi connectivity index (χ0n) is 10.5. The quantitative estimate of drug-likeness (QED) is 0.503. The summed E-state index contributed by atoms with van der Waals surface area (Å²) in [6.45, 7) is 1.60. The van der Waals surface area contributed by atoms with Crippen molar-refractivity contribution in [3.05, 3.63) is 34.9 Å². The molecule has 0 spiro atoms. The number of benzene rings is 1. The fourth-order valence-corrected chi connectivity index (χ4v) is 3.26. The van der Waals surface area contributed by atoms with Crippen LogP contribution in [0.4, 0.5) is 5.13 Å². The molecule has 0 radical (unpaired) electrons. The lowest BCUT2D eigenvalue weighted by Gasteiger charge is -2.00. The first-order chi connectivity index (χ1) is 9.54. The molecule has 0 fully saturated rings. The molecule has 20 heavy (non-hydrogen) atoms. The Morgan fingerprint density at radius 1 is 1.50 bits per heavy atom. The van der Waals surface area contributed by atoms with Crippen molar-refractivity contribution in [2.24, 2.45) is 0 Å². The molecule has 1 atom stereocenters. The van der Waals surface area contributed by atoms with Crippen LogP contribution in [0.5, 0.6) is 0 Å². The fraction of sp³-hybridized carbons (Fsp3) is 0.250. The van der Waals surface area contributed by atoms with E-state index in [9.17, 15) is 4.79 Å². The number of hydrogen-bond donors (Lipinski definition) is 1. The van der Waals surface area contributed by atoms with E-state index in [1.54, 1.807) is 18.7 Å². The van der Waals surface area contributed by atoms with Gasteiger partial charge >= 0.3 is 0 Å². The number of amides is 1. The topological polar surface area (TPSA) is 54.9 Å². The van der Waals surface area contributed by atoms with Crippen LogP contribution in [0.2, 0.25) is 5.02 Å². The first-order valence-electron chi connectivity index (χ1n) is 5.70. The van der Waals surface area contributed by atoms with Gasteiger partial charge in [0.05, 0.1) is 0 Å². The van der Waals surface area contributed by atoms with E-state index >= 15 is 0 Å². The van der Waals surface area contributed by atoms with Crippen LogP contribution in [0.3, 0.4) is 0 Å². The Balaban J connectivity index is 1.91. The molecule has 0 saturated carbocycles. The van der Waals surface area contributed by atoms with Crippen molar-refractivity contribution in [3.8, 4) is 0 Å². The van der Waals surface area contributed by atoms with Gasteiger partial charge in [0.25, 0.3) is 0 Å². The third-order valence-electron chi connectivity index (χ3n) is 2.25. The van der Waals surface area contributed by atoms with Crippen molar-refractivity contribution >= 4 is 57.3 Å². The van der Waals surface area contributed by atoms with Gasteiger partial charge in [0.1, 0.15) is 5.38 Å². The third-order valence-corrected chi connectivity index (χ3v) is 4.73. The van der Waals surface area contributed by atoms with Gasteiger partial charge in [-0.3, -0.25) is 10.1 Å². The van der Waals surface area contributed by atoms with Gasteiger partial charge in [-0.2, -0.15) is 0 Å². The van der Waals surface area contributed by atoms with E-state index in [2.05, 4.69) is 15.5 Å². The number of aromatic nitrogens is 2. The Labute approximate surface area is 134 Å². The van der Waals surface area contributed by atoms with Crippen LogP contribution in [0, 0.1) is 0 Å². The lowest BCUT2D eigenvalue weighted by atomic mass is 10.2. The van der Waals surface area contributed by atoms with Crippen molar-refractivity contribution in [1.82, 2.24) is 10.2 Å². The number of nitrogens with zero attached hydrogens (tertiary/aromatic N) is 2. The molecular weight excluding hydrogens is 337 g/mol. The largest absolute Gasteiger partial charge is 0.299 e. The summed E-state index contributed by atoms with van der Waals surface area (Å²) in [5, 5.41) is 11.1. The molecule has 106 valence electrons. The van der Waals surface area contributed by atoms with Gasteiger partial charge in [0.15, 0.2) is 4.34 Å². The molecule has 2 rings (SSSR count). The summed E-state index contributed by atoms with van der Waals surface area (Å²) in [7, 11) is 0. The average molecular weight is 348 g/mol. The van der Waals surface area contributed by atoms with E-state index in [0.717, 1.165) is 15.7 Å². The molecule has 8 heteroatoms. The predicted octanol–water partition coefficient (Wildman–Crippen LogP) is 4.05. The highest BCUT2D eigenvalue weighted by Gasteiger charge is 2.12. The highest BCUT2D eigenvalue weighted by molar-refractivity contribution is 8.00. The minimum atomic E-state index is -0.596. The molecule has 1 amide bonds. The molecule has 1 heterocycles. The second kappa shape index (κ2) is 7.26. The highest BCUT2D eigenvalue weighted by atomic mass is 35.5. The van der Waals surface area contributed by atoms with Crippen LogP contribution in [0.25, 0.3) is 0 Å². The number of nitrogens with one attached hydrogen (secondary N) is 1. The van der Waals surface area contributed by atoms with E-state index in [1.807, 2.05) is 24.3 Å². The SMILES string of the molecule is CC(Cl)C(=O)Nc1nnc(SCc2cccc(Cl)c2)s1. The minimum Gasteiger partial charge on any atom is -0.299 e. The van der Waals surface area contributed by atoms with Crippen molar-refractivity contribution in [2.45, 2.75) is 22.4 Å². The van der Waals surface area contributed by atoms with Crippen LogP contribution in [0.1, 0.15) is 12.5 Å². The van der Waals surface area contributed by atoms with Crippen molar-refractivity contribution in [1.29, 1.82) is 0 Å². The molecule has 0 bridgehead atoms. The lowest BCUT2D eigenvalue weighted by molar-refractivity contribution is -0.115. The molecule has 4 nitrogen and oxygen atoms in total. The maximum Gasteiger partial charge on any atom is 0.243 e. The number of hydrogen-bond acceptors (Lipinski definition) is 5. The first-order valence-corrected chi connectivity index (χ1v) is 8.32. The maximum atomic E-state index is 11.4. The van der Waals surface area contributed by atoms with Gasteiger partial charge < -0.3 is 0 Å². The van der Waals surface area contributed by atoms with Gasteiger partial charge in [0.2, 0.25) is 11.0 Å². The summed E-state index contributed by atoms with van der Waals surface area (Å²) in [4.78, 5) is 11.4. The summed E-state index contributed by atoms with van der Waals surface area (Å²) in [5.41, 5.74) is 1.11. The van der Waals surface area contributed by atoms with E-state index in [0.29, 0.717) is 10.2 Å². The molecule has 1 N–H and O–H groups in total.